The number of nitrogens with one attached hydrogen (secondary N) is 2. The summed E-state index contributed by atoms with van der Waals surface area (Å²) in [6.45, 7) is 11.0. The second-order valence-electron chi connectivity index (χ2n) is 7.17. The number of likely N-dealkylation sites (N-methyl/N-ethyl adjacent to an activating group) is 1. The van der Waals surface area contributed by atoms with Gasteiger partial charge in [-0.1, -0.05) is 32.9 Å². The lowest BCUT2D eigenvalue weighted by atomic mass is 10.2. The summed E-state index contributed by atoms with van der Waals surface area (Å²) in [7, 11) is 0. The number of benzene rings is 1. The Balaban J connectivity index is 0.00000364. The van der Waals surface area contributed by atoms with E-state index in [9.17, 15) is 10.1 Å². The van der Waals surface area contributed by atoms with Gasteiger partial charge in [-0.25, -0.2) is 4.99 Å². The van der Waals surface area contributed by atoms with Gasteiger partial charge in [-0.05, 0) is 37.4 Å². The zero-order valence-corrected chi connectivity index (χ0v) is 18.8. The van der Waals surface area contributed by atoms with Crippen LogP contribution in [0.5, 0.6) is 0 Å². The Morgan fingerprint density at radius 3 is 2.63 bits per heavy atom. The molecule has 1 fully saturated rings. The third kappa shape index (κ3) is 8.00. The number of halogens is 1. The van der Waals surface area contributed by atoms with Crippen LogP contribution in [0.15, 0.2) is 29.3 Å². The fourth-order valence-corrected chi connectivity index (χ4v) is 3.13. The number of rotatable bonds is 8. The highest BCUT2D eigenvalue weighted by Gasteiger charge is 2.22. The lowest BCUT2D eigenvalue weighted by Crippen LogP contribution is -2.45. The number of non-ortho nitro benzene ring substituents is 1. The number of nitro groups is 1. The molecule has 0 aliphatic carbocycles. The summed E-state index contributed by atoms with van der Waals surface area (Å²) >= 11 is 0. The summed E-state index contributed by atoms with van der Waals surface area (Å²) in [6.07, 6.45) is 2.48. The zero-order valence-electron chi connectivity index (χ0n) is 16.5. The largest absolute Gasteiger partial charge is 0.356 e. The molecule has 0 aromatic heterocycles. The van der Waals surface area contributed by atoms with Crippen LogP contribution in [0.4, 0.5) is 5.69 Å². The molecule has 0 saturated carbocycles. The van der Waals surface area contributed by atoms with E-state index in [0.717, 1.165) is 31.2 Å². The Morgan fingerprint density at radius 1 is 1.33 bits per heavy atom. The molecule has 8 heteroatoms. The van der Waals surface area contributed by atoms with Gasteiger partial charge in [-0.3, -0.25) is 15.0 Å². The molecule has 0 amide bonds. The van der Waals surface area contributed by atoms with Gasteiger partial charge in [0.1, 0.15) is 0 Å². The number of guanidine groups is 1. The molecular formula is C19H32IN5O2. The second-order valence-corrected chi connectivity index (χ2v) is 7.17. The van der Waals surface area contributed by atoms with E-state index in [0.29, 0.717) is 18.5 Å². The molecule has 0 radical (unpaired) electrons. The minimum atomic E-state index is -0.384. The standard InChI is InChI=1S/C19H31N5O2.HI/c1-4-23-11-5-6-18(23)14-22-19(20-12-15(2)3)21-13-16-7-9-17(10-8-16)24(25)26;/h7-10,15,18H,4-6,11-14H2,1-3H3,(H2,20,21,22);1H. The Hall–Kier alpha value is -1.42. The van der Waals surface area contributed by atoms with Gasteiger partial charge in [0, 0.05) is 31.3 Å². The van der Waals surface area contributed by atoms with Gasteiger partial charge in [0.05, 0.1) is 11.5 Å². The number of hydrogen-bond donors (Lipinski definition) is 2. The quantitative estimate of drug-likeness (QED) is 0.192. The van der Waals surface area contributed by atoms with Crippen molar-refractivity contribution in [3.05, 3.63) is 39.9 Å². The maximum atomic E-state index is 10.7. The van der Waals surface area contributed by atoms with Crippen LogP contribution in [-0.2, 0) is 6.54 Å². The molecule has 1 unspecified atom stereocenters. The zero-order chi connectivity index (χ0) is 18.9. The highest BCUT2D eigenvalue weighted by molar-refractivity contribution is 14.0. The fourth-order valence-electron chi connectivity index (χ4n) is 3.13. The predicted octanol–water partition coefficient (Wildman–Crippen LogP) is 3.39. The summed E-state index contributed by atoms with van der Waals surface area (Å²) in [6, 6.07) is 7.13. The van der Waals surface area contributed by atoms with E-state index >= 15 is 0 Å². The fraction of sp³-hybridized carbons (Fsp3) is 0.632. The van der Waals surface area contributed by atoms with E-state index in [2.05, 4.69) is 41.3 Å². The highest BCUT2D eigenvalue weighted by Crippen LogP contribution is 2.15. The van der Waals surface area contributed by atoms with Crippen LogP contribution in [0.1, 0.15) is 39.2 Å². The Morgan fingerprint density at radius 2 is 2.04 bits per heavy atom. The van der Waals surface area contributed by atoms with Crippen molar-refractivity contribution in [2.45, 2.75) is 46.2 Å². The molecule has 1 saturated heterocycles. The summed E-state index contributed by atoms with van der Waals surface area (Å²) in [5, 5.41) is 17.6. The second kappa shape index (κ2) is 12.1. The van der Waals surface area contributed by atoms with Gasteiger partial charge in [-0.2, -0.15) is 0 Å². The van der Waals surface area contributed by atoms with Crippen LogP contribution < -0.4 is 10.6 Å². The third-order valence-corrected chi connectivity index (χ3v) is 4.66. The molecule has 0 spiro atoms. The molecule has 1 aliphatic heterocycles. The molecule has 1 heterocycles. The molecule has 152 valence electrons. The highest BCUT2D eigenvalue weighted by atomic mass is 127. The maximum absolute atomic E-state index is 10.7. The number of nitro benzene ring substituents is 1. The molecule has 2 rings (SSSR count). The normalized spacial score (nSPS) is 17.6. The summed E-state index contributed by atoms with van der Waals surface area (Å²) in [5.74, 6) is 1.33. The van der Waals surface area contributed by atoms with Crippen molar-refractivity contribution in [2.75, 3.05) is 26.2 Å². The van der Waals surface area contributed by atoms with E-state index in [1.807, 2.05) is 0 Å². The first-order valence-corrected chi connectivity index (χ1v) is 9.49. The van der Waals surface area contributed by atoms with Crippen LogP contribution in [-0.4, -0.2) is 48.0 Å². The summed E-state index contributed by atoms with van der Waals surface area (Å²) in [5.41, 5.74) is 1.06. The third-order valence-electron chi connectivity index (χ3n) is 4.66. The molecule has 7 nitrogen and oxygen atoms in total. The van der Waals surface area contributed by atoms with Crippen LogP contribution >= 0.6 is 24.0 Å². The minimum Gasteiger partial charge on any atom is -0.356 e. The smallest absolute Gasteiger partial charge is 0.269 e. The van der Waals surface area contributed by atoms with Crippen LogP contribution in [0, 0.1) is 16.0 Å². The maximum Gasteiger partial charge on any atom is 0.269 e. The average Bonchev–Trinajstić information content (AvgIpc) is 3.08. The van der Waals surface area contributed by atoms with E-state index in [1.165, 1.54) is 31.5 Å². The van der Waals surface area contributed by atoms with Gasteiger partial charge in [0.15, 0.2) is 5.96 Å². The Labute approximate surface area is 179 Å². The lowest BCUT2D eigenvalue weighted by molar-refractivity contribution is -0.384. The molecule has 1 aromatic rings. The first-order valence-electron chi connectivity index (χ1n) is 9.49. The van der Waals surface area contributed by atoms with E-state index in [-0.39, 0.29) is 34.6 Å². The SMILES string of the molecule is CCN1CCCC1CNC(=NCc1ccc([N+](=O)[O-])cc1)NCC(C)C.I. The average molecular weight is 489 g/mol. The summed E-state index contributed by atoms with van der Waals surface area (Å²) < 4.78 is 0. The Kier molecular flexibility index (Phi) is 10.6. The van der Waals surface area contributed by atoms with Gasteiger partial charge >= 0.3 is 0 Å². The molecular weight excluding hydrogens is 457 g/mol. The molecule has 2 N–H and O–H groups in total. The van der Waals surface area contributed by atoms with Crippen LogP contribution in [0.25, 0.3) is 0 Å². The van der Waals surface area contributed by atoms with Crippen molar-refractivity contribution in [3.63, 3.8) is 0 Å². The van der Waals surface area contributed by atoms with Crippen LogP contribution in [0.3, 0.4) is 0 Å². The van der Waals surface area contributed by atoms with E-state index < -0.39 is 0 Å². The van der Waals surface area contributed by atoms with Crippen molar-refractivity contribution >= 4 is 35.6 Å². The van der Waals surface area contributed by atoms with Gasteiger partial charge < -0.3 is 10.6 Å². The first-order chi connectivity index (χ1) is 12.5. The molecule has 1 aliphatic rings. The minimum absolute atomic E-state index is 0. The molecule has 1 atom stereocenters. The molecule has 0 bridgehead atoms. The van der Waals surface area contributed by atoms with Gasteiger partial charge in [0.2, 0.25) is 0 Å². The molecule has 1 aromatic carbocycles. The van der Waals surface area contributed by atoms with Gasteiger partial charge in [0.25, 0.3) is 5.69 Å². The number of likely N-dealkylation sites (tertiary alicyclic amines) is 1. The summed E-state index contributed by atoms with van der Waals surface area (Å²) in [4.78, 5) is 17.5. The number of hydrogen-bond acceptors (Lipinski definition) is 4. The molecule has 27 heavy (non-hydrogen) atoms. The van der Waals surface area contributed by atoms with E-state index in [4.69, 9.17) is 0 Å². The number of nitrogens with zero attached hydrogens (tertiary/aromatic N) is 3. The first kappa shape index (κ1) is 23.6. The van der Waals surface area contributed by atoms with Crippen molar-refractivity contribution in [1.82, 2.24) is 15.5 Å². The van der Waals surface area contributed by atoms with Crippen molar-refractivity contribution in [2.24, 2.45) is 10.9 Å². The van der Waals surface area contributed by atoms with Crippen molar-refractivity contribution < 1.29 is 4.92 Å². The van der Waals surface area contributed by atoms with Crippen molar-refractivity contribution in [3.8, 4) is 0 Å². The Bertz CT molecular complexity index is 607. The monoisotopic (exact) mass is 489 g/mol. The van der Waals surface area contributed by atoms with Gasteiger partial charge in [-0.15, -0.1) is 24.0 Å². The van der Waals surface area contributed by atoms with Crippen LogP contribution in [0.2, 0.25) is 0 Å². The lowest BCUT2D eigenvalue weighted by Gasteiger charge is -2.24. The number of aliphatic imine (C=N–C) groups is 1. The van der Waals surface area contributed by atoms with Crippen molar-refractivity contribution in [1.29, 1.82) is 0 Å². The van der Waals surface area contributed by atoms with E-state index in [1.54, 1.807) is 12.1 Å². The predicted molar refractivity (Wildman–Crippen MR) is 121 cm³/mol. The topological polar surface area (TPSA) is 82.8 Å².